The van der Waals surface area contributed by atoms with Gasteiger partial charge in [-0.15, -0.1) is 0 Å². The Balaban J connectivity index is 1.94. The molecule has 0 aromatic heterocycles. The third kappa shape index (κ3) is 4.25. The molecule has 0 heteroatoms. The molecule has 0 spiro atoms. The van der Waals surface area contributed by atoms with Crippen LogP contribution >= 0.6 is 0 Å². The summed E-state index contributed by atoms with van der Waals surface area (Å²) in [6.07, 6.45) is 4.77. The summed E-state index contributed by atoms with van der Waals surface area (Å²) in [6, 6.07) is 18.8. The SMILES string of the molecule is CC(C)Cc1c(CC(C)C)c(CC(C)C)c2c(c1CC(C)C)C1c3ccccc3C2c2ccccc21. The van der Waals surface area contributed by atoms with E-state index in [1.165, 1.54) is 25.7 Å². The van der Waals surface area contributed by atoms with Crippen molar-refractivity contribution in [2.45, 2.75) is 92.9 Å². The van der Waals surface area contributed by atoms with Gasteiger partial charge in [0.15, 0.2) is 0 Å². The van der Waals surface area contributed by atoms with Crippen LogP contribution in [0.25, 0.3) is 0 Å². The molecule has 3 aliphatic rings. The Labute approximate surface area is 220 Å². The van der Waals surface area contributed by atoms with E-state index >= 15 is 0 Å². The van der Waals surface area contributed by atoms with Gasteiger partial charge in [0.1, 0.15) is 0 Å². The minimum absolute atomic E-state index is 0.371. The maximum absolute atomic E-state index is 2.43. The van der Waals surface area contributed by atoms with Gasteiger partial charge in [-0.2, -0.15) is 0 Å². The van der Waals surface area contributed by atoms with Crippen molar-refractivity contribution in [3.8, 4) is 0 Å². The van der Waals surface area contributed by atoms with Gasteiger partial charge in [0.2, 0.25) is 0 Å². The predicted octanol–water partition coefficient (Wildman–Crippen LogP) is 9.47. The largest absolute Gasteiger partial charge is 0.0625 e. The summed E-state index contributed by atoms with van der Waals surface area (Å²) in [5.41, 5.74) is 16.5. The van der Waals surface area contributed by atoms with Gasteiger partial charge < -0.3 is 0 Å². The summed E-state index contributed by atoms with van der Waals surface area (Å²) in [4.78, 5) is 0. The highest BCUT2D eigenvalue weighted by Gasteiger charge is 2.44. The number of rotatable bonds is 8. The first-order valence-electron chi connectivity index (χ1n) is 14.6. The van der Waals surface area contributed by atoms with Crippen molar-refractivity contribution < 1.29 is 0 Å². The third-order valence-electron chi connectivity index (χ3n) is 8.30. The minimum Gasteiger partial charge on any atom is -0.0625 e. The van der Waals surface area contributed by atoms with Crippen LogP contribution in [0.15, 0.2) is 48.5 Å². The Morgan fingerprint density at radius 1 is 0.417 bits per heavy atom. The second kappa shape index (κ2) is 9.85. The smallest absolute Gasteiger partial charge is 0.0352 e. The van der Waals surface area contributed by atoms with E-state index in [4.69, 9.17) is 0 Å². The molecule has 3 aromatic rings. The first kappa shape index (κ1) is 25.3. The average molecular weight is 479 g/mol. The van der Waals surface area contributed by atoms with Crippen molar-refractivity contribution in [3.63, 3.8) is 0 Å². The van der Waals surface area contributed by atoms with Crippen LogP contribution in [-0.2, 0) is 25.7 Å². The summed E-state index contributed by atoms with van der Waals surface area (Å²) >= 11 is 0. The second-order valence-corrected chi connectivity index (χ2v) is 13.3. The fourth-order valence-corrected chi connectivity index (χ4v) is 7.30. The molecular weight excluding hydrogens is 432 g/mol. The highest BCUT2D eigenvalue weighted by molar-refractivity contribution is 5.73. The van der Waals surface area contributed by atoms with Gasteiger partial charge in [-0.25, -0.2) is 0 Å². The molecule has 0 nitrogen and oxygen atoms in total. The monoisotopic (exact) mass is 478 g/mol. The average Bonchev–Trinajstić information content (AvgIpc) is 2.82. The van der Waals surface area contributed by atoms with Crippen LogP contribution in [0.2, 0.25) is 0 Å². The molecule has 2 bridgehead atoms. The summed E-state index contributed by atoms with van der Waals surface area (Å²) in [5.74, 6) is 3.36. The van der Waals surface area contributed by atoms with Crippen LogP contribution in [0.5, 0.6) is 0 Å². The normalized spacial score (nSPS) is 17.8. The van der Waals surface area contributed by atoms with Gasteiger partial charge in [-0.1, -0.05) is 104 Å². The lowest BCUT2D eigenvalue weighted by atomic mass is 9.57. The number of hydrogen-bond donors (Lipinski definition) is 0. The zero-order valence-electron chi connectivity index (χ0n) is 23.9. The van der Waals surface area contributed by atoms with Gasteiger partial charge >= 0.3 is 0 Å². The van der Waals surface area contributed by atoms with Gasteiger partial charge in [0.25, 0.3) is 0 Å². The van der Waals surface area contributed by atoms with Crippen LogP contribution < -0.4 is 0 Å². The van der Waals surface area contributed by atoms with E-state index in [1.807, 2.05) is 0 Å². The van der Waals surface area contributed by atoms with Gasteiger partial charge in [-0.05, 0) is 105 Å². The second-order valence-electron chi connectivity index (χ2n) is 13.3. The highest BCUT2D eigenvalue weighted by atomic mass is 14.5. The summed E-state index contributed by atoms with van der Waals surface area (Å²) < 4.78 is 0. The quantitative estimate of drug-likeness (QED) is 0.208. The van der Waals surface area contributed by atoms with Crippen LogP contribution in [0.1, 0.15) is 123 Å². The van der Waals surface area contributed by atoms with E-state index < -0.39 is 0 Å². The fourth-order valence-electron chi connectivity index (χ4n) is 7.30. The van der Waals surface area contributed by atoms with Gasteiger partial charge in [-0.3, -0.25) is 0 Å². The Morgan fingerprint density at radius 2 is 0.667 bits per heavy atom. The maximum Gasteiger partial charge on any atom is 0.0352 e. The summed E-state index contributed by atoms with van der Waals surface area (Å²) in [7, 11) is 0. The van der Waals surface area contributed by atoms with Crippen LogP contribution in [-0.4, -0.2) is 0 Å². The molecule has 0 unspecified atom stereocenters. The first-order chi connectivity index (χ1) is 17.2. The van der Waals surface area contributed by atoms with Crippen LogP contribution in [0.4, 0.5) is 0 Å². The zero-order valence-corrected chi connectivity index (χ0v) is 23.9. The van der Waals surface area contributed by atoms with E-state index in [0.717, 1.165) is 0 Å². The lowest BCUT2D eigenvalue weighted by Gasteiger charge is -2.46. The van der Waals surface area contributed by atoms with E-state index in [9.17, 15) is 0 Å². The molecule has 0 heterocycles. The number of benzene rings is 3. The van der Waals surface area contributed by atoms with Gasteiger partial charge in [0.05, 0.1) is 0 Å². The van der Waals surface area contributed by atoms with Crippen molar-refractivity contribution in [2.75, 3.05) is 0 Å². The van der Waals surface area contributed by atoms with E-state index in [2.05, 4.69) is 104 Å². The van der Waals surface area contributed by atoms with Crippen LogP contribution in [0.3, 0.4) is 0 Å². The molecule has 3 aliphatic carbocycles. The Hall–Kier alpha value is -2.34. The molecule has 36 heavy (non-hydrogen) atoms. The van der Waals surface area contributed by atoms with Crippen molar-refractivity contribution in [1.82, 2.24) is 0 Å². The maximum atomic E-state index is 2.43. The van der Waals surface area contributed by atoms with E-state index in [-0.39, 0.29) is 0 Å². The van der Waals surface area contributed by atoms with E-state index in [1.54, 1.807) is 55.6 Å². The molecule has 0 aliphatic heterocycles. The lowest BCUT2D eigenvalue weighted by molar-refractivity contribution is 0.569. The molecule has 0 atom stereocenters. The molecule has 6 rings (SSSR count). The first-order valence-corrected chi connectivity index (χ1v) is 14.6. The van der Waals surface area contributed by atoms with Crippen molar-refractivity contribution >= 4 is 0 Å². The molecule has 0 radical (unpaired) electrons. The molecule has 190 valence electrons. The lowest BCUT2D eigenvalue weighted by Crippen LogP contribution is -2.32. The molecular formula is C36H46. The molecule has 0 saturated carbocycles. The topological polar surface area (TPSA) is 0 Å². The Bertz CT molecular complexity index is 1110. The third-order valence-corrected chi connectivity index (χ3v) is 8.30. The van der Waals surface area contributed by atoms with Crippen molar-refractivity contribution in [2.24, 2.45) is 23.7 Å². The zero-order chi connectivity index (χ0) is 25.7. The number of hydrogen-bond acceptors (Lipinski definition) is 0. The standard InChI is InChI=1S/C36H46/c1-21(2)17-29-30(18-22(3)4)32(20-24(7)8)36-34-27-15-11-9-13-25(27)33(26-14-10-12-16-28(26)34)35(36)31(29)19-23(5)6/h9-16,21-24,33-34H,17-20H2,1-8H3. The van der Waals surface area contributed by atoms with Crippen LogP contribution in [0, 0.1) is 23.7 Å². The molecule has 3 aromatic carbocycles. The highest BCUT2D eigenvalue weighted by Crippen LogP contribution is 2.59. The summed E-state index contributed by atoms with van der Waals surface area (Å²) in [5, 5.41) is 0. The van der Waals surface area contributed by atoms with E-state index in [0.29, 0.717) is 35.5 Å². The molecule has 0 saturated heterocycles. The predicted molar refractivity (Wildman–Crippen MR) is 155 cm³/mol. The summed E-state index contributed by atoms with van der Waals surface area (Å²) in [6.45, 7) is 19.3. The van der Waals surface area contributed by atoms with Gasteiger partial charge in [0, 0.05) is 11.8 Å². The van der Waals surface area contributed by atoms with Crippen molar-refractivity contribution in [3.05, 3.63) is 104 Å². The fraction of sp³-hybridized carbons (Fsp3) is 0.500. The Morgan fingerprint density at radius 3 is 0.917 bits per heavy atom. The molecule has 0 fully saturated rings. The Kier molecular flexibility index (Phi) is 6.92. The minimum atomic E-state index is 0.371. The molecule has 0 N–H and O–H groups in total. The van der Waals surface area contributed by atoms with Crippen molar-refractivity contribution in [1.29, 1.82) is 0 Å². The molecule has 0 amide bonds.